The second-order valence-electron chi connectivity index (χ2n) is 3.43. The van der Waals surface area contributed by atoms with Gasteiger partial charge in [0.05, 0.1) is 26.7 Å². The van der Waals surface area contributed by atoms with Crippen molar-refractivity contribution < 1.29 is 23.7 Å². The van der Waals surface area contributed by atoms with Crippen LogP contribution in [0.2, 0.25) is 0 Å². The molecule has 1 aliphatic rings. The number of hydrogen-bond acceptors (Lipinski definition) is 6. The predicted molar refractivity (Wildman–Crippen MR) is 61.4 cm³/mol. The highest BCUT2D eigenvalue weighted by Gasteiger charge is 2.26. The van der Waals surface area contributed by atoms with Gasteiger partial charge < -0.3 is 23.7 Å². The van der Waals surface area contributed by atoms with E-state index in [-0.39, 0.29) is 13.4 Å². The average molecular weight is 251 g/mol. The third-order valence-corrected chi connectivity index (χ3v) is 2.42. The normalized spacial score (nSPS) is 11.8. The van der Waals surface area contributed by atoms with Crippen LogP contribution < -0.4 is 23.7 Å². The SMILES string of the molecule is COc1c(OCCC#N)cc2c(c1OC)OCO2. The Morgan fingerprint density at radius 3 is 2.72 bits per heavy atom. The molecule has 1 aliphatic heterocycles. The lowest BCUT2D eigenvalue weighted by molar-refractivity contribution is 0.170. The summed E-state index contributed by atoms with van der Waals surface area (Å²) in [6.45, 7) is 0.409. The van der Waals surface area contributed by atoms with Crippen LogP contribution in [0.15, 0.2) is 6.07 Å². The van der Waals surface area contributed by atoms with E-state index in [4.69, 9.17) is 28.9 Å². The molecule has 0 amide bonds. The van der Waals surface area contributed by atoms with Gasteiger partial charge in [-0.2, -0.15) is 5.26 Å². The zero-order valence-electron chi connectivity index (χ0n) is 10.2. The van der Waals surface area contributed by atoms with Crippen LogP contribution in [0.1, 0.15) is 6.42 Å². The second kappa shape index (κ2) is 5.36. The van der Waals surface area contributed by atoms with Crippen molar-refractivity contribution in [2.75, 3.05) is 27.6 Å². The molecular formula is C12H13NO5. The molecule has 0 atom stereocenters. The molecule has 18 heavy (non-hydrogen) atoms. The lowest BCUT2D eigenvalue weighted by atomic mass is 10.2. The van der Waals surface area contributed by atoms with Crippen molar-refractivity contribution in [1.82, 2.24) is 0 Å². The minimum atomic E-state index is 0.135. The van der Waals surface area contributed by atoms with Crippen LogP contribution >= 0.6 is 0 Å². The molecule has 6 heteroatoms. The van der Waals surface area contributed by atoms with Crippen LogP contribution in [-0.4, -0.2) is 27.6 Å². The molecule has 96 valence electrons. The average Bonchev–Trinajstić information content (AvgIpc) is 2.85. The molecule has 0 saturated heterocycles. The van der Waals surface area contributed by atoms with Gasteiger partial charge in [-0.15, -0.1) is 0 Å². The van der Waals surface area contributed by atoms with E-state index < -0.39 is 0 Å². The summed E-state index contributed by atoms with van der Waals surface area (Å²) in [4.78, 5) is 0. The molecule has 0 saturated carbocycles. The summed E-state index contributed by atoms with van der Waals surface area (Å²) >= 11 is 0. The number of benzene rings is 1. The molecule has 0 radical (unpaired) electrons. The number of nitriles is 1. The fourth-order valence-corrected chi connectivity index (χ4v) is 1.67. The first-order valence-electron chi connectivity index (χ1n) is 5.36. The second-order valence-corrected chi connectivity index (χ2v) is 3.43. The van der Waals surface area contributed by atoms with Gasteiger partial charge in [0.25, 0.3) is 0 Å². The first kappa shape index (κ1) is 12.2. The predicted octanol–water partition coefficient (Wildman–Crippen LogP) is 1.72. The Labute approximate surface area is 105 Å². The van der Waals surface area contributed by atoms with Crippen LogP contribution in [0.25, 0.3) is 0 Å². The molecular weight excluding hydrogens is 238 g/mol. The van der Waals surface area contributed by atoms with Gasteiger partial charge in [-0.1, -0.05) is 0 Å². The van der Waals surface area contributed by atoms with E-state index in [1.165, 1.54) is 14.2 Å². The summed E-state index contributed by atoms with van der Waals surface area (Å²) in [5.74, 6) is 2.37. The molecule has 0 unspecified atom stereocenters. The largest absolute Gasteiger partial charge is 0.490 e. The molecule has 0 fully saturated rings. The Bertz CT molecular complexity index is 480. The monoisotopic (exact) mass is 251 g/mol. The minimum Gasteiger partial charge on any atom is -0.490 e. The number of ether oxygens (including phenoxy) is 5. The fraction of sp³-hybridized carbons (Fsp3) is 0.417. The zero-order chi connectivity index (χ0) is 13.0. The van der Waals surface area contributed by atoms with Crippen LogP contribution in [0.3, 0.4) is 0 Å². The molecule has 1 heterocycles. The first-order chi connectivity index (χ1) is 8.81. The van der Waals surface area contributed by atoms with E-state index in [0.717, 1.165) is 0 Å². The maximum absolute atomic E-state index is 8.50. The maximum Gasteiger partial charge on any atom is 0.231 e. The van der Waals surface area contributed by atoms with E-state index in [1.54, 1.807) is 6.07 Å². The van der Waals surface area contributed by atoms with Gasteiger partial charge in [-0.25, -0.2) is 0 Å². The van der Waals surface area contributed by atoms with E-state index in [1.807, 2.05) is 6.07 Å². The van der Waals surface area contributed by atoms with Crippen LogP contribution in [0.5, 0.6) is 28.7 Å². The maximum atomic E-state index is 8.50. The molecule has 6 nitrogen and oxygen atoms in total. The highest BCUT2D eigenvalue weighted by atomic mass is 16.7. The van der Waals surface area contributed by atoms with Crippen molar-refractivity contribution in [3.8, 4) is 34.8 Å². The number of methoxy groups -OCH3 is 2. The van der Waals surface area contributed by atoms with E-state index in [2.05, 4.69) is 0 Å². The van der Waals surface area contributed by atoms with Gasteiger partial charge in [-0.3, -0.25) is 0 Å². The van der Waals surface area contributed by atoms with Crippen LogP contribution in [-0.2, 0) is 0 Å². The molecule has 0 aliphatic carbocycles. The van der Waals surface area contributed by atoms with Gasteiger partial charge in [0.2, 0.25) is 24.0 Å². The Kier molecular flexibility index (Phi) is 3.63. The molecule has 2 rings (SSSR count). The van der Waals surface area contributed by atoms with Crippen LogP contribution in [0, 0.1) is 11.3 Å². The summed E-state index contributed by atoms with van der Waals surface area (Å²) in [5, 5.41) is 8.50. The Balaban J connectivity index is 2.36. The lowest BCUT2D eigenvalue weighted by Gasteiger charge is -2.14. The van der Waals surface area contributed by atoms with Crippen molar-refractivity contribution in [3.63, 3.8) is 0 Å². The van der Waals surface area contributed by atoms with Crippen molar-refractivity contribution >= 4 is 0 Å². The van der Waals surface area contributed by atoms with Crippen LogP contribution in [0.4, 0.5) is 0 Å². The molecule has 0 bridgehead atoms. The van der Waals surface area contributed by atoms with Crippen molar-refractivity contribution in [3.05, 3.63) is 6.07 Å². The third kappa shape index (κ3) is 2.07. The Morgan fingerprint density at radius 2 is 2.06 bits per heavy atom. The molecule has 0 spiro atoms. The van der Waals surface area contributed by atoms with Crippen molar-refractivity contribution in [2.24, 2.45) is 0 Å². The van der Waals surface area contributed by atoms with Gasteiger partial charge in [0, 0.05) is 6.07 Å². The summed E-state index contributed by atoms with van der Waals surface area (Å²) in [6.07, 6.45) is 0.292. The summed E-state index contributed by atoms with van der Waals surface area (Å²) in [6, 6.07) is 3.67. The topological polar surface area (TPSA) is 69.9 Å². The Morgan fingerprint density at radius 1 is 1.28 bits per heavy atom. The van der Waals surface area contributed by atoms with Crippen molar-refractivity contribution in [2.45, 2.75) is 6.42 Å². The first-order valence-corrected chi connectivity index (χ1v) is 5.36. The molecule has 1 aromatic rings. The third-order valence-electron chi connectivity index (χ3n) is 2.42. The van der Waals surface area contributed by atoms with E-state index in [0.29, 0.717) is 35.2 Å². The molecule has 0 aromatic heterocycles. The number of nitrogens with zero attached hydrogens (tertiary/aromatic N) is 1. The minimum absolute atomic E-state index is 0.135. The Hall–Kier alpha value is -2.29. The highest BCUT2D eigenvalue weighted by Crippen LogP contribution is 2.52. The van der Waals surface area contributed by atoms with Gasteiger partial charge in [0.1, 0.15) is 6.61 Å². The van der Waals surface area contributed by atoms with E-state index in [9.17, 15) is 0 Å². The van der Waals surface area contributed by atoms with Crippen molar-refractivity contribution in [1.29, 1.82) is 5.26 Å². The van der Waals surface area contributed by atoms with Gasteiger partial charge in [-0.05, 0) is 0 Å². The lowest BCUT2D eigenvalue weighted by Crippen LogP contribution is -2.00. The standard InChI is InChI=1S/C12H13NO5/c1-14-10-8(16-5-3-4-13)6-9-11(12(10)15-2)18-7-17-9/h6H,3,5,7H2,1-2H3. The summed E-state index contributed by atoms with van der Waals surface area (Å²) in [5.41, 5.74) is 0. The molecule has 1 aromatic carbocycles. The van der Waals surface area contributed by atoms with E-state index >= 15 is 0 Å². The van der Waals surface area contributed by atoms with Gasteiger partial charge >= 0.3 is 0 Å². The van der Waals surface area contributed by atoms with Gasteiger partial charge in [0.15, 0.2) is 11.5 Å². The quantitative estimate of drug-likeness (QED) is 0.742. The highest BCUT2D eigenvalue weighted by molar-refractivity contribution is 5.66. The number of hydrogen-bond donors (Lipinski definition) is 0. The zero-order valence-corrected chi connectivity index (χ0v) is 10.2. The smallest absolute Gasteiger partial charge is 0.231 e. The number of fused-ring (bicyclic) bond motifs is 1. The molecule has 0 N–H and O–H groups in total. The fourth-order valence-electron chi connectivity index (χ4n) is 1.67. The number of rotatable bonds is 5. The summed E-state index contributed by atoms with van der Waals surface area (Å²) < 4.78 is 26.6. The summed E-state index contributed by atoms with van der Waals surface area (Å²) in [7, 11) is 3.02.